The van der Waals surface area contributed by atoms with Gasteiger partial charge in [0.1, 0.15) is 24.0 Å². The van der Waals surface area contributed by atoms with Gasteiger partial charge in [0.15, 0.2) is 0 Å². The molecule has 1 aliphatic heterocycles. The number of pyridine rings is 1. The van der Waals surface area contributed by atoms with Crippen LogP contribution in [0.25, 0.3) is 0 Å². The zero-order valence-corrected chi connectivity index (χ0v) is 15.2. The van der Waals surface area contributed by atoms with Crippen LogP contribution in [-0.2, 0) is 0 Å². The van der Waals surface area contributed by atoms with Crippen molar-refractivity contribution in [3.05, 3.63) is 39.1 Å². The molecule has 1 atom stereocenters. The molecule has 2 aromatic rings. The van der Waals surface area contributed by atoms with Crippen molar-refractivity contribution >= 4 is 27.3 Å². The second-order valence-electron chi connectivity index (χ2n) is 6.22. The van der Waals surface area contributed by atoms with E-state index in [1.807, 2.05) is 0 Å². The highest BCUT2D eigenvalue weighted by Crippen LogP contribution is 2.38. The summed E-state index contributed by atoms with van der Waals surface area (Å²) in [6, 6.07) is 0.285. The maximum atomic E-state index is 11.4. The number of aromatic nitrogens is 4. The van der Waals surface area contributed by atoms with E-state index >= 15 is 0 Å². The van der Waals surface area contributed by atoms with Gasteiger partial charge in [0.05, 0.1) is 9.40 Å². The average Bonchev–Trinajstić information content (AvgIpc) is 3.04. The van der Waals surface area contributed by atoms with Crippen molar-refractivity contribution in [3.8, 4) is 0 Å². The first-order valence-corrected chi connectivity index (χ1v) is 8.70. The van der Waals surface area contributed by atoms with Gasteiger partial charge >= 0.3 is 5.69 Å². The Morgan fingerprint density at radius 1 is 1.42 bits per heavy atom. The minimum absolute atomic E-state index is 0.0235. The summed E-state index contributed by atoms with van der Waals surface area (Å²) in [5.41, 5.74) is 0.616. The first-order valence-electron chi connectivity index (χ1n) is 7.91. The number of nitrogens with zero attached hydrogens (tertiary/aromatic N) is 6. The Morgan fingerprint density at radius 3 is 2.92 bits per heavy atom. The van der Waals surface area contributed by atoms with E-state index in [4.69, 9.17) is 0 Å². The molecule has 1 saturated heterocycles. The van der Waals surface area contributed by atoms with Crippen molar-refractivity contribution in [2.24, 2.45) is 0 Å². The summed E-state index contributed by atoms with van der Waals surface area (Å²) < 4.78 is 2.71. The van der Waals surface area contributed by atoms with Crippen molar-refractivity contribution in [1.82, 2.24) is 19.7 Å². The van der Waals surface area contributed by atoms with Crippen molar-refractivity contribution in [1.29, 1.82) is 0 Å². The molecule has 0 saturated carbocycles. The molecule has 2 aromatic heterocycles. The summed E-state index contributed by atoms with van der Waals surface area (Å²) in [7, 11) is 0. The van der Waals surface area contributed by atoms with E-state index in [-0.39, 0.29) is 22.6 Å². The van der Waals surface area contributed by atoms with E-state index in [2.05, 4.69) is 54.4 Å². The highest BCUT2D eigenvalue weighted by Gasteiger charge is 2.30. The number of hydrogen-bond donors (Lipinski definition) is 0. The second-order valence-corrected chi connectivity index (χ2v) is 7.08. The number of halogens is 1. The van der Waals surface area contributed by atoms with Gasteiger partial charge in [-0.2, -0.15) is 0 Å². The third-order valence-corrected chi connectivity index (χ3v) is 4.89. The lowest BCUT2D eigenvalue weighted by molar-refractivity contribution is -0.384. The summed E-state index contributed by atoms with van der Waals surface area (Å²) in [5.74, 6) is 1.14. The highest BCUT2D eigenvalue weighted by molar-refractivity contribution is 9.10. The summed E-state index contributed by atoms with van der Waals surface area (Å²) in [4.78, 5) is 17.0. The topological polar surface area (TPSA) is 90.0 Å². The van der Waals surface area contributed by atoms with Gasteiger partial charge in [-0.25, -0.2) is 0 Å². The number of piperidine rings is 1. The van der Waals surface area contributed by atoms with Crippen molar-refractivity contribution in [3.63, 3.8) is 0 Å². The maximum Gasteiger partial charge on any atom is 0.311 e. The van der Waals surface area contributed by atoms with Gasteiger partial charge < -0.3 is 9.47 Å². The molecule has 9 heteroatoms. The Labute approximate surface area is 148 Å². The molecule has 0 spiro atoms. The smallest absolute Gasteiger partial charge is 0.311 e. The summed E-state index contributed by atoms with van der Waals surface area (Å²) in [5, 5.41) is 19.7. The Morgan fingerprint density at radius 2 is 2.21 bits per heavy atom. The van der Waals surface area contributed by atoms with E-state index in [1.165, 1.54) is 6.20 Å². The highest BCUT2D eigenvalue weighted by atomic mass is 79.9. The van der Waals surface area contributed by atoms with Gasteiger partial charge in [-0.3, -0.25) is 15.1 Å². The quantitative estimate of drug-likeness (QED) is 0.583. The molecule has 3 rings (SSSR count). The number of nitro groups is 1. The van der Waals surface area contributed by atoms with Crippen LogP contribution in [0.5, 0.6) is 0 Å². The van der Waals surface area contributed by atoms with Crippen LogP contribution in [0.1, 0.15) is 44.5 Å². The molecule has 1 fully saturated rings. The minimum Gasteiger partial charge on any atom is -0.364 e. The molecule has 24 heavy (non-hydrogen) atoms. The molecule has 0 aromatic carbocycles. The van der Waals surface area contributed by atoms with Gasteiger partial charge in [-0.1, -0.05) is 0 Å². The molecule has 0 amide bonds. The molecule has 1 aliphatic rings. The Bertz CT molecular complexity index is 747. The van der Waals surface area contributed by atoms with Crippen molar-refractivity contribution in [2.75, 3.05) is 18.0 Å². The van der Waals surface area contributed by atoms with Crippen LogP contribution < -0.4 is 4.90 Å². The van der Waals surface area contributed by atoms with Crippen LogP contribution in [0.2, 0.25) is 0 Å². The fourth-order valence-corrected chi connectivity index (χ4v) is 3.77. The van der Waals surface area contributed by atoms with Crippen molar-refractivity contribution in [2.45, 2.75) is 38.6 Å². The molecule has 0 N–H and O–H groups in total. The first kappa shape index (κ1) is 16.8. The fourth-order valence-electron chi connectivity index (χ4n) is 3.20. The molecule has 8 nitrogen and oxygen atoms in total. The van der Waals surface area contributed by atoms with Gasteiger partial charge in [-0.05, 0) is 42.6 Å². The van der Waals surface area contributed by atoms with Gasteiger partial charge in [0.2, 0.25) is 0 Å². The second kappa shape index (κ2) is 6.84. The Balaban J connectivity index is 1.92. The number of anilines is 1. The number of rotatable bonds is 4. The van der Waals surface area contributed by atoms with Gasteiger partial charge in [-0.15, -0.1) is 10.2 Å². The largest absolute Gasteiger partial charge is 0.364 e. The molecule has 3 heterocycles. The lowest BCUT2D eigenvalue weighted by atomic mass is 9.96. The Hall–Kier alpha value is -2.03. The van der Waals surface area contributed by atoms with Crippen LogP contribution >= 0.6 is 15.9 Å². The maximum absolute atomic E-state index is 11.4. The summed E-state index contributed by atoms with van der Waals surface area (Å²) in [6.07, 6.45) is 6.60. The molecule has 128 valence electrons. The normalized spacial score (nSPS) is 18.2. The number of hydrogen-bond acceptors (Lipinski definition) is 6. The Kier molecular flexibility index (Phi) is 4.79. The average molecular weight is 395 g/mol. The lowest BCUT2D eigenvalue weighted by Crippen LogP contribution is -2.36. The van der Waals surface area contributed by atoms with Crippen molar-refractivity contribution < 1.29 is 4.92 Å². The van der Waals surface area contributed by atoms with Crippen LogP contribution in [0.3, 0.4) is 0 Å². The van der Waals surface area contributed by atoms with Crippen LogP contribution in [0, 0.1) is 10.1 Å². The van der Waals surface area contributed by atoms with E-state index in [9.17, 15) is 10.1 Å². The molecule has 0 bridgehead atoms. The predicted octanol–water partition coefficient (Wildman–Crippen LogP) is 3.31. The van der Waals surface area contributed by atoms with E-state index < -0.39 is 0 Å². The molecular formula is C15H19BrN6O2. The SMILES string of the molecule is CC(C)n1cnnc1C1CCCN(c2c(Br)cncc2[N+](=O)[O-])C1. The predicted molar refractivity (Wildman–Crippen MR) is 93.2 cm³/mol. The van der Waals surface area contributed by atoms with Crippen LogP contribution in [0.4, 0.5) is 11.4 Å². The monoisotopic (exact) mass is 394 g/mol. The van der Waals surface area contributed by atoms with Gasteiger partial charge in [0.25, 0.3) is 0 Å². The van der Waals surface area contributed by atoms with Crippen LogP contribution in [0.15, 0.2) is 23.2 Å². The van der Waals surface area contributed by atoms with E-state index in [0.29, 0.717) is 16.7 Å². The fraction of sp³-hybridized carbons (Fsp3) is 0.533. The zero-order valence-electron chi connectivity index (χ0n) is 13.6. The molecule has 1 unspecified atom stereocenters. The third-order valence-electron chi connectivity index (χ3n) is 4.31. The molecule has 0 radical (unpaired) electrons. The zero-order chi connectivity index (χ0) is 17.3. The summed E-state index contributed by atoms with van der Waals surface area (Å²) in [6.45, 7) is 5.64. The molecular weight excluding hydrogens is 376 g/mol. The third kappa shape index (κ3) is 3.12. The molecule has 0 aliphatic carbocycles. The first-order chi connectivity index (χ1) is 11.5. The minimum atomic E-state index is -0.382. The van der Waals surface area contributed by atoms with Gasteiger partial charge in [0, 0.05) is 31.2 Å². The lowest BCUT2D eigenvalue weighted by Gasteiger charge is -2.34. The van der Waals surface area contributed by atoms with Crippen LogP contribution in [-0.4, -0.2) is 37.8 Å². The van der Waals surface area contributed by atoms with E-state index in [1.54, 1.807) is 12.5 Å². The standard InChI is InChI=1S/C15H19BrN6O2/c1-10(2)21-9-18-19-15(21)11-4-3-5-20(8-11)14-12(16)6-17-7-13(14)22(23)24/h6-7,9-11H,3-5,8H2,1-2H3. The van der Waals surface area contributed by atoms with E-state index in [0.717, 1.165) is 25.2 Å². The summed E-state index contributed by atoms with van der Waals surface area (Å²) >= 11 is 3.42.